The molecule has 0 saturated heterocycles. The average molecular weight is 819 g/mol. The van der Waals surface area contributed by atoms with Crippen LogP contribution in [0.2, 0.25) is 0 Å². The lowest BCUT2D eigenvalue weighted by Crippen LogP contribution is -2.39. The lowest BCUT2D eigenvalue weighted by molar-refractivity contribution is 0.153. The Morgan fingerprint density at radius 3 is 1.36 bits per heavy atom. The minimum atomic E-state index is -1.11. The molecule has 64 heavy (non-hydrogen) atoms. The number of nitrogens with zero attached hydrogens (tertiary/aromatic N) is 4. The minimum Gasteiger partial charge on any atom is -0.472 e. The molecule has 10 aromatic rings. The van der Waals surface area contributed by atoms with Crippen molar-refractivity contribution in [2.24, 2.45) is 0 Å². The molecule has 300 valence electrons. The Bertz CT molecular complexity index is 3250. The Morgan fingerprint density at radius 1 is 0.344 bits per heavy atom. The van der Waals surface area contributed by atoms with Crippen molar-refractivity contribution in [3.8, 4) is 84.4 Å². The van der Waals surface area contributed by atoms with Crippen molar-refractivity contribution in [2.45, 2.75) is 5.60 Å². The number of rotatable bonds is 8. The Balaban J connectivity index is 1.18. The topological polar surface area (TPSA) is 52.3 Å². The largest absolute Gasteiger partial charge is 0.472 e. The van der Waals surface area contributed by atoms with Crippen LogP contribution in [0, 0.1) is 6.57 Å². The highest BCUT2D eigenvalue weighted by molar-refractivity contribution is 5.88. The van der Waals surface area contributed by atoms with Gasteiger partial charge < -0.3 is 4.74 Å². The normalized spacial score (nSPS) is 12.3. The van der Waals surface area contributed by atoms with E-state index in [0.29, 0.717) is 28.9 Å². The summed E-state index contributed by atoms with van der Waals surface area (Å²) in [6, 6.07) is 78.7. The Kier molecular flexibility index (Phi) is 9.72. The molecule has 0 spiro atoms. The summed E-state index contributed by atoms with van der Waals surface area (Å²) >= 11 is 0. The number of ether oxygens (including phenoxy) is 1. The first-order valence-electron chi connectivity index (χ1n) is 21.3. The van der Waals surface area contributed by atoms with E-state index in [1.807, 2.05) is 84.9 Å². The zero-order chi connectivity index (χ0) is 42.9. The number of hydrogen-bond acceptors (Lipinski definition) is 4. The third-order valence-corrected chi connectivity index (χ3v) is 11.9. The first kappa shape index (κ1) is 38.2. The van der Waals surface area contributed by atoms with E-state index < -0.39 is 5.60 Å². The van der Waals surface area contributed by atoms with E-state index in [4.69, 9.17) is 26.3 Å². The predicted octanol–water partition coefficient (Wildman–Crippen LogP) is 14.8. The SMILES string of the molecule is [C-]#[N+]c1ccc2c(c1)C(c1ccccc1)(c1ccccc1)Oc1c(-c3nc(-c4cccc(-c5ccccc5)c4)nc(-c4cc(-c5ccccc5)cc(-c5ccccc5)c4)n3)cccc1-2. The van der Waals surface area contributed by atoms with Crippen LogP contribution in [-0.4, -0.2) is 15.0 Å². The molecule has 0 atom stereocenters. The number of benzene rings is 9. The van der Waals surface area contributed by atoms with Crippen LogP contribution in [0.5, 0.6) is 5.75 Å². The van der Waals surface area contributed by atoms with Crippen LogP contribution in [0.25, 0.3) is 83.5 Å². The maximum atomic E-state index is 8.02. The quantitative estimate of drug-likeness (QED) is 0.143. The summed E-state index contributed by atoms with van der Waals surface area (Å²) in [4.78, 5) is 19.9. The molecule has 0 radical (unpaired) electrons. The highest BCUT2D eigenvalue weighted by Gasteiger charge is 2.45. The fraction of sp³-hybridized carbons (Fsp3) is 0.0169. The van der Waals surface area contributed by atoms with E-state index in [2.05, 4.69) is 150 Å². The second-order valence-corrected chi connectivity index (χ2v) is 15.8. The molecule has 0 amide bonds. The fourth-order valence-corrected chi connectivity index (χ4v) is 8.89. The van der Waals surface area contributed by atoms with Crippen molar-refractivity contribution < 1.29 is 4.74 Å². The van der Waals surface area contributed by atoms with E-state index in [1.54, 1.807) is 0 Å². The molecule has 1 aliphatic rings. The van der Waals surface area contributed by atoms with Gasteiger partial charge in [-0.2, -0.15) is 0 Å². The van der Waals surface area contributed by atoms with E-state index in [0.717, 1.165) is 77.9 Å². The highest BCUT2D eigenvalue weighted by Crippen LogP contribution is 2.54. The van der Waals surface area contributed by atoms with Gasteiger partial charge in [0.2, 0.25) is 0 Å². The molecule has 0 N–H and O–H groups in total. The Labute approximate surface area is 372 Å². The molecule has 11 rings (SSSR count). The smallest absolute Gasteiger partial charge is 0.187 e. The summed E-state index contributed by atoms with van der Waals surface area (Å²) in [6.07, 6.45) is 0. The van der Waals surface area contributed by atoms with Gasteiger partial charge in [-0.3, -0.25) is 0 Å². The second-order valence-electron chi connectivity index (χ2n) is 15.8. The van der Waals surface area contributed by atoms with Crippen LogP contribution < -0.4 is 4.74 Å². The maximum Gasteiger partial charge on any atom is 0.187 e. The highest BCUT2D eigenvalue weighted by atomic mass is 16.5. The van der Waals surface area contributed by atoms with Crippen LogP contribution in [0.4, 0.5) is 5.69 Å². The Hall–Kier alpha value is -8.72. The van der Waals surface area contributed by atoms with Crippen molar-refractivity contribution in [2.75, 3.05) is 0 Å². The van der Waals surface area contributed by atoms with Gasteiger partial charge in [0.05, 0.1) is 12.1 Å². The molecule has 5 heteroatoms. The first-order valence-corrected chi connectivity index (χ1v) is 21.3. The second kappa shape index (κ2) is 16.3. The summed E-state index contributed by atoms with van der Waals surface area (Å²) in [7, 11) is 0. The maximum absolute atomic E-state index is 8.02. The molecule has 0 aliphatic carbocycles. The number of aromatic nitrogens is 3. The van der Waals surface area contributed by atoms with Crippen LogP contribution in [0.3, 0.4) is 0 Å². The van der Waals surface area contributed by atoms with Crippen molar-refractivity contribution in [1.82, 2.24) is 15.0 Å². The predicted molar refractivity (Wildman–Crippen MR) is 258 cm³/mol. The van der Waals surface area contributed by atoms with Gasteiger partial charge in [-0.25, -0.2) is 19.8 Å². The molecule has 1 aromatic heterocycles. The monoisotopic (exact) mass is 818 g/mol. The summed E-state index contributed by atoms with van der Waals surface area (Å²) in [5.41, 5.74) is 12.9. The third kappa shape index (κ3) is 6.90. The molecule has 0 fully saturated rings. The van der Waals surface area contributed by atoms with Crippen LogP contribution >= 0.6 is 0 Å². The number of para-hydroxylation sites is 1. The lowest BCUT2D eigenvalue weighted by Gasteiger charge is -2.42. The average Bonchev–Trinajstić information content (AvgIpc) is 3.39. The van der Waals surface area contributed by atoms with Gasteiger partial charge in [0, 0.05) is 33.4 Å². The fourth-order valence-electron chi connectivity index (χ4n) is 8.89. The standard InChI is InChI=1S/C59H38N4O/c1-60-50-33-34-51-52-31-18-32-53(55(52)64-59(54(51)39-50,48-27-13-5-14-28-48)49-29-15-6-16-30-49)58-62-56(44-26-17-25-43(35-44)40-19-7-2-8-20-40)61-57(63-58)47-37-45(41-21-9-3-10-22-41)36-46(38-47)42-23-11-4-12-24-42/h2-39H. The summed E-state index contributed by atoms with van der Waals surface area (Å²) in [6.45, 7) is 8.02. The number of fused-ring (bicyclic) bond motifs is 3. The third-order valence-electron chi connectivity index (χ3n) is 11.9. The van der Waals surface area contributed by atoms with E-state index >= 15 is 0 Å². The zero-order valence-corrected chi connectivity index (χ0v) is 34.6. The van der Waals surface area contributed by atoms with Gasteiger partial charge in [0.15, 0.2) is 28.8 Å². The molecular formula is C59H38N4O. The molecule has 5 nitrogen and oxygen atoms in total. The minimum absolute atomic E-state index is 0.476. The van der Waals surface area contributed by atoms with Crippen molar-refractivity contribution in [3.05, 3.63) is 259 Å². The van der Waals surface area contributed by atoms with Gasteiger partial charge in [0.25, 0.3) is 0 Å². The van der Waals surface area contributed by atoms with Gasteiger partial charge in [-0.15, -0.1) is 0 Å². The molecule has 9 aromatic carbocycles. The molecule has 1 aliphatic heterocycles. The molecule has 0 unspecified atom stereocenters. The molecule has 2 heterocycles. The van der Waals surface area contributed by atoms with Crippen LogP contribution in [0.15, 0.2) is 231 Å². The van der Waals surface area contributed by atoms with Crippen molar-refractivity contribution in [1.29, 1.82) is 0 Å². The zero-order valence-electron chi connectivity index (χ0n) is 34.6. The van der Waals surface area contributed by atoms with Crippen molar-refractivity contribution >= 4 is 5.69 Å². The van der Waals surface area contributed by atoms with Crippen LogP contribution in [-0.2, 0) is 5.60 Å². The summed E-state index contributed by atoms with van der Waals surface area (Å²) in [5.74, 6) is 2.19. The van der Waals surface area contributed by atoms with Gasteiger partial charge in [0.1, 0.15) is 5.75 Å². The number of hydrogen-bond donors (Lipinski definition) is 0. The van der Waals surface area contributed by atoms with E-state index in [1.165, 1.54) is 0 Å². The van der Waals surface area contributed by atoms with Crippen LogP contribution in [0.1, 0.15) is 16.7 Å². The van der Waals surface area contributed by atoms with Crippen molar-refractivity contribution in [3.63, 3.8) is 0 Å². The van der Waals surface area contributed by atoms with E-state index in [-0.39, 0.29) is 0 Å². The first-order chi connectivity index (χ1) is 31.6. The summed E-state index contributed by atoms with van der Waals surface area (Å²) in [5, 5.41) is 0. The van der Waals surface area contributed by atoms with E-state index in [9.17, 15) is 0 Å². The van der Waals surface area contributed by atoms with Gasteiger partial charge in [-0.1, -0.05) is 194 Å². The molecule has 0 bridgehead atoms. The van der Waals surface area contributed by atoms with Gasteiger partial charge in [-0.05, 0) is 75.3 Å². The Morgan fingerprint density at radius 2 is 0.781 bits per heavy atom. The lowest BCUT2D eigenvalue weighted by atomic mass is 9.74. The molecule has 0 saturated carbocycles. The molecular weight excluding hydrogens is 781 g/mol. The summed E-state index contributed by atoms with van der Waals surface area (Å²) < 4.78 is 7.62. The van der Waals surface area contributed by atoms with Gasteiger partial charge >= 0.3 is 0 Å².